The zero-order chi connectivity index (χ0) is 22.5. The molecule has 2 aliphatic rings. The Hall–Kier alpha value is -3.17. The molecule has 9 heteroatoms. The third-order valence-corrected chi connectivity index (χ3v) is 5.94. The molecule has 0 radical (unpaired) electrons. The molecule has 0 spiro atoms. The average Bonchev–Trinajstić information content (AvgIpc) is 3.07. The molecule has 2 aliphatic heterocycles. The quantitative estimate of drug-likeness (QED) is 0.621. The summed E-state index contributed by atoms with van der Waals surface area (Å²) in [5.41, 5.74) is 1.40. The van der Waals surface area contributed by atoms with Gasteiger partial charge >= 0.3 is 0 Å². The SMILES string of the molecule is O=C(COc1ccc(/C=C2/SC(=O)N(Cc3ccc(F)cc3)C2=O)cc1)N1CCOCC1. The van der Waals surface area contributed by atoms with Crippen molar-refractivity contribution < 1.29 is 28.2 Å². The molecule has 0 bridgehead atoms. The van der Waals surface area contributed by atoms with Gasteiger partial charge in [0.2, 0.25) is 0 Å². The van der Waals surface area contributed by atoms with Gasteiger partial charge in [-0.3, -0.25) is 19.3 Å². The van der Waals surface area contributed by atoms with Crippen LogP contribution in [-0.2, 0) is 20.9 Å². The minimum atomic E-state index is -0.388. The van der Waals surface area contributed by atoms with Crippen LogP contribution in [0.1, 0.15) is 11.1 Å². The van der Waals surface area contributed by atoms with E-state index in [1.54, 1.807) is 47.4 Å². The fraction of sp³-hybridized carbons (Fsp3) is 0.261. The van der Waals surface area contributed by atoms with E-state index in [-0.39, 0.29) is 36.0 Å². The minimum Gasteiger partial charge on any atom is -0.484 e. The predicted octanol–water partition coefficient (Wildman–Crippen LogP) is 3.30. The second-order valence-corrected chi connectivity index (χ2v) is 8.24. The number of morpholine rings is 1. The maximum Gasteiger partial charge on any atom is 0.293 e. The van der Waals surface area contributed by atoms with E-state index in [1.165, 1.54) is 12.1 Å². The van der Waals surface area contributed by atoms with Crippen molar-refractivity contribution in [1.29, 1.82) is 0 Å². The normalized spacial score (nSPS) is 17.8. The number of carbonyl (C=O) groups is 3. The zero-order valence-electron chi connectivity index (χ0n) is 17.2. The van der Waals surface area contributed by atoms with Crippen LogP contribution in [0.15, 0.2) is 53.4 Å². The summed E-state index contributed by atoms with van der Waals surface area (Å²) in [5.74, 6) is -0.318. The van der Waals surface area contributed by atoms with Crippen molar-refractivity contribution in [2.75, 3.05) is 32.9 Å². The topological polar surface area (TPSA) is 76.2 Å². The Balaban J connectivity index is 1.35. The molecule has 0 N–H and O–H groups in total. The third kappa shape index (κ3) is 5.35. The molecule has 2 aromatic carbocycles. The lowest BCUT2D eigenvalue weighted by Gasteiger charge is -2.26. The van der Waals surface area contributed by atoms with Crippen molar-refractivity contribution in [1.82, 2.24) is 9.80 Å². The van der Waals surface area contributed by atoms with Gasteiger partial charge in [0.05, 0.1) is 24.7 Å². The number of carbonyl (C=O) groups excluding carboxylic acids is 3. The molecule has 0 unspecified atom stereocenters. The predicted molar refractivity (Wildman–Crippen MR) is 117 cm³/mol. The summed E-state index contributed by atoms with van der Waals surface area (Å²) >= 11 is 0.866. The summed E-state index contributed by atoms with van der Waals surface area (Å²) in [5, 5.41) is -0.368. The Morgan fingerprint density at radius 1 is 1.06 bits per heavy atom. The number of amides is 3. The summed E-state index contributed by atoms with van der Waals surface area (Å²) in [4.78, 5) is 40.2. The molecule has 3 amide bonds. The van der Waals surface area contributed by atoms with Crippen molar-refractivity contribution in [3.05, 3.63) is 70.4 Å². The van der Waals surface area contributed by atoms with E-state index >= 15 is 0 Å². The fourth-order valence-corrected chi connectivity index (χ4v) is 4.11. The van der Waals surface area contributed by atoms with E-state index in [4.69, 9.17) is 9.47 Å². The Kier molecular flexibility index (Phi) is 6.87. The van der Waals surface area contributed by atoms with E-state index in [0.29, 0.717) is 42.5 Å². The van der Waals surface area contributed by atoms with Crippen LogP contribution in [0.5, 0.6) is 5.75 Å². The lowest BCUT2D eigenvalue weighted by atomic mass is 10.2. The van der Waals surface area contributed by atoms with Gasteiger partial charge < -0.3 is 14.4 Å². The van der Waals surface area contributed by atoms with Crippen LogP contribution >= 0.6 is 11.8 Å². The van der Waals surface area contributed by atoms with E-state index in [0.717, 1.165) is 22.2 Å². The van der Waals surface area contributed by atoms with Gasteiger partial charge in [-0.1, -0.05) is 24.3 Å². The number of thioether (sulfide) groups is 1. The first-order valence-corrected chi connectivity index (χ1v) is 10.9. The van der Waals surface area contributed by atoms with Gasteiger partial charge in [0.1, 0.15) is 11.6 Å². The van der Waals surface area contributed by atoms with Gasteiger partial charge in [0.25, 0.3) is 17.1 Å². The van der Waals surface area contributed by atoms with Crippen LogP contribution in [-0.4, -0.2) is 59.8 Å². The smallest absolute Gasteiger partial charge is 0.293 e. The molecule has 2 aromatic rings. The summed E-state index contributed by atoms with van der Waals surface area (Å²) in [7, 11) is 0. The molecule has 0 aromatic heterocycles. The number of imide groups is 1. The Morgan fingerprint density at radius 3 is 2.44 bits per heavy atom. The molecule has 2 fully saturated rings. The van der Waals surface area contributed by atoms with Crippen molar-refractivity contribution in [2.24, 2.45) is 0 Å². The number of rotatable bonds is 6. The van der Waals surface area contributed by atoms with E-state index < -0.39 is 0 Å². The van der Waals surface area contributed by atoms with Crippen LogP contribution in [0.3, 0.4) is 0 Å². The van der Waals surface area contributed by atoms with E-state index in [2.05, 4.69) is 0 Å². The highest BCUT2D eigenvalue weighted by Gasteiger charge is 2.34. The Labute approximate surface area is 188 Å². The maximum atomic E-state index is 13.1. The summed E-state index contributed by atoms with van der Waals surface area (Å²) in [6, 6.07) is 12.6. The Morgan fingerprint density at radius 2 is 1.75 bits per heavy atom. The van der Waals surface area contributed by atoms with Gasteiger partial charge in [0, 0.05) is 13.1 Å². The summed E-state index contributed by atoms with van der Waals surface area (Å²) in [6.45, 7) is 2.24. The molecule has 0 saturated carbocycles. The molecular formula is C23H21FN2O5S. The number of benzene rings is 2. The molecule has 166 valence electrons. The number of hydrogen-bond acceptors (Lipinski definition) is 6. The number of ether oxygens (including phenoxy) is 2. The highest BCUT2D eigenvalue weighted by Crippen LogP contribution is 2.33. The summed E-state index contributed by atoms with van der Waals surface area (Å²) < 4.78 is 23.9. The first kappa shape index (κ1) is 22.0. The van der Waals surface area contributed by atoms with Crippen LogP contribution in [0.25, 0.3) is 6.08 Å². The second kappa shape index (κ2) is 9.97. The monoisotopic (exact) mass is 456 g/mol. The van der Waals surface area contributed by atoms with Gasteiger partial charge in [-0.15, -0.1) is 0 Å². The van der Waals surface area contributed by atoms with Crippen molar-refractivity contribution in [3.63, 3.8) is 0 Å². The second-order valence-electron chi connectivity index (χ2n) is 7.25. The van der Waals surface area contributed by atoms with Crippen LogP contribution in [0, 0.1) is 5.82 Å². The van der Waals surface area contributed by atoms with Gasteiger partial charge in [0.15, 0.2) is 6.61 Å². The fourth-order valence-electron chi connectivity index (χ4n) is 3.27. The molecule has 0 aliphatic carbocycles. The maximum absolute atomic E-state index is 13.1. The highest BCUT2D eigenvalue weighted by molar-refractivity contribution is 8.18. The van der Waals surface area contributed by atoms with Crippen molar-refractivity contribution in [3.8, 4) is 5.75 Å². The summed E-state index contributed by atoms with van der Waals surface area (Å²) in [6.07, 6.45) is 1.64. The van der Waals surface area contributed by atoms with Gasteiger partial charge in [-0.05, 0) is 53.2 Å². The minimum absolute atomic E-state index is 0.0539. The number of nitrogens with zero attached hydrogens (tertiary/aromatic N) is 2. The van der Waals surface area contributed by atoms with Gasteiger partial charge in [-0.25, -0.2) is 4.39 Å². The van der Waals surface area contributed by atoms with Crippen LogP contribution in [0.2, 0.25) is 0 Å². The first-order valence-electron chi connectivity index (χ1n) is 10.1. The third-order valence-electron chi connectivity index (χ3n) is 5.03. The van der Waals surface area contributed by atoms with Crippen LogP contribution < -0.4 is 4.74 Å². The van der Waals surface area contributed by atoms with E-state index in [9.17, 15) is 18.8 Å². The molecule has 0 atom stereocenters. The number of hydrogen-bond donors (Lipinski definition) is 0. The van der Waals surface area contributed by atoms with Gasteiger partial charge in [-0.2, -0.15) is 0 Å². The molecule has 2 saturated heterocycles. The molecule has 7 nitrogen and oxygen atoms in total. The molecule has 4 rings (SSSR count). The highest BCUT2D eigenvalue weighted by atomic mass is 32.2. The largest absolute Gasteiger partial charge is 0.484 e. The Bertz CT molecular complexity index is 1030. The van der Waals surface area contributed by atoms with Crippen molar-refractivity contribution >= 4 is 34.9 Å². The molecule has 32 heavy (non-hydrogen) atoms. The lowest BCUT2D eigenvalue weighted by molar-refractivity contribution is -0.137. The standard InChI is InChI=1S/C23H21FN2O5S/c24-18-5-1-17(2-6-18)14-26-22(28)20(32-23(26)29)13-16-3-7-19(8-4-16)31-15-21(27)25-9-11-30-12-10-25/h1-8,13H,9-12,14-15H2/b20-13+. The van der Waals surface area contributed by atoms with Crippen molar-refractivity contribution in [2.45, 2.75) is 6.54 Å². The molecular weight excluding hydrogens is 435 g/mol. The lowest BCUT2D eigenvalue weighted by Crippen LogP contribution is -2.42. The van der Waals surface area contributed by atoms with Crippen LogP contribution in [0.4, 0.5) is 9.18 Å². The number of halogens is 1. The average molecular weight is 456 g/mol. The molecule has 2 heterocycles. The first-order chi connectivity index (χ1) is 15.5. The van der Waals surface area contributed by atoms with E-state index in [1.807, 2.05) is 0 Å². The zero-order valence-corrected chi connectivity index (χ0v) is 18.0.